The van der Waals surface area contributed by atoms with Gasteiger partial charge in [0.2, 0.25) is 0 Å². The van der Waals surface area contributed by atoms with Crippen molar-refractivity contribution in [1.29, 1.82) is 0 Å². The van der Waals surface area contributed by atoms with Gasteiger partial charge in [-0.05, 0) is 64.2 Å². The SMILES string of the molecule is CCCCCCCC/C=C/CCCCCC(=O)OC(COCCC(C(=O)[O-])[N+](C)(C)C)COC(=O)CCCCCCCCC/C=C/CCCCCCCCCCCCCC. The number of allylic oxidation sites excluding steroid dienone is 4. The van der Waals surface area contributed by atoms with Crippen LogP contribution < -0.4 is 5.11 Å². The molecule has 0 spiro atoms. The third kappa shape index (κ3) is 41.2. The van der Waals surface area contributed by atoms with Crippen molar-refractivity contribution in [3.05, 3.63) is 24.3 Å². The molecule has 0 bridgehead atoms. The molecule has 0 aliphatic rings. The highest BCUT2D eigenvalue weighted by molar-refractivity contribution is 5.70. The van der Waals surface area contributed by atoms with E-state index in [1.165, 1.54) is 154 Å². The van der Waals surface area contributed by atoms with Crippen LogP contribution in [0.25, 0.3) is 0 Å². The molecule has 0 N–H and O–H groups in total. The van der Waals surface area contributed by atoms with Crippen molar-refractivity contribution in [1.82, 2.24) is 0 Å². The number of ether oxygens (including phenoxy) is 3. The van der Waals surface area contributed by atoms with E-state index in [1.54, 1.807) is 21.1 Å². The topological polar surface area (TPSA) is 102 Å². The van der Waals surface area contributed by atoms with Crippen molar-refractivity contribution in [3.8, 4) is 0 Å². The van der Waals surface area contributed by atoms with Gasteiger partial charge in [-0.15, -0.1) is 0 Å². The van der Waals surface area contributed by atoms with Crippen LogP contribution in [-0.4, -0.2) is 75.5 Å². The molecule has 0 aliphatic heterocycles. The van der Waals surface area contributed by atoms with Crippen molar-refractivity contribution < 1.29 is 38.2 Å². The number of hydrogen-bond donors (Lipinski definition) is 0. The fraction of sp³-hybridized carbons (Fsp3) is 0.865. The van der Waals surface area contributed by atoms with E-state index in [1.807, 2.05) is 0 Å². The summed E-state index contributed by atoms with van der Waals surface area (Å²) in [6, 6.07) is -0.727. The Morgan fingerprint density at radius 1 is 0.483 bits per heavy atom. The molecule has 2 unspecified atom stereocenters. The van der Waals surface area contributed by atoms with Crippen molar-refractivity contribution in [2.24, 2.45) is 0 Å². The molecule has 352 valence electrons. The summed E-state index contributed by atoms with van der Waals surface area (Å²) in [5, 5.41) is 11.6. The Morgan fingerprint density at radius 3 is 1.22 bits per heavy atom. The van der Waals surface area contributed by atoms with E-state index in [0.29, 0.717) is 12.8 Å². The highest BCUT2D eigenvalue weighted by Gasteiger charge is 2.25. The molecule has 8 heteroatoms. The molecule has 2 atom stereocenters. The summed E-state index contributed by atoms with van der Waals surface area (Å²) in [6.45, 7) is 4.66. The van der Waals surface area contributed by atoms with Crippen LogP contribution in [0.5, 0.6) is 0 Å². The number of nitrogens with zero attached hydrogens (tertiary/aromatic N) is 1. The van der Waals surface area contributed by atoms with Gasteiger partial charge < -0.3 is 28.6 Å². The number of unbranched alkanes of at least 4 members (excludes halogenated alkanes) is 28. The number of esters is 2. The Bertz CT molecular complexity index is 1040. The second kappa shape index (κ2) is 43.5. The highest BCUT2D eigenvalue weighted by Crippen LogP contribution is 2.15. The van der Waals surface area contributed by atoms with Crippen LogP contribution in [0, 0.1) is 0 Å². The number of carboxylic acids is 1. The molecular formula is C52H97NO7. The van der Waals surface area contributed by atoms with Crippen LogP contribution in [0.3, 0.4) is 0 Å². The Hall–Kier alpha value is -2.19. The first kappa shape index (κ1) is 57.8. The van der Waals surface area contributed by atoms with Gasteiger partial charge in [-0.2, -0.15) is 0 Å². The lowest BCUT2D eigenvalue weighted by Gasteiger charge is -2.34. The fourth-order valence-corrected chi connectivity index (χ4v) is 7.59. The number of carbonyl (C=O) groups is 3. The minimum Gasteiger partial charge on any atom is -0.544 e. The van der Waals surface area contributed by atoms with Crippen LogP contribution >= 0.6 is 0 Å². The quantitative estimate of drug-likeness (QED) is 0.0260. The molecule has 0 aromatic carbocycles. The first-order valence-corrected chi connectivity index (χ1v) is 25.4. The second-order valence-electron chi connectivity index (χ2n) is 18.4. The molecule has 0 rings (SSSR count). The summed E-state index contributed by atoms with van der Waals surface area (Å²) >= 11 is 0. The van der Waals surface area contributed by atoms with Crippen LogP contribution in [-0.2, 0) is 28.6 Å². The first-order chi connectivity index (χ1) is 29.1. The maximum atomic E-state index is 12.7. The van der Waals surface area contributed by atoms with Gasteiger partial charge in [0.05, 0.1) is 40.3 Å². The summed E-state index contributed by atoms with van der Waals surface area (Å²) in [6.07, 6.45) is 49.3. The van der Waals surface area contributed by atoms with Gasteiger partial charge in [0.1, 0.15) is 12.6 Å². The zero-order valence-electron chi connectivity index (χ0n) is 40.1. The zero-order valence-corrected chi connectivity index (χ0v) is 40.1. The van der Waals surface area contributed by atoms with E-state index in [9.17, 15) is 19.5 Å². The molecule has 0 amide bonds. The summed E-state index contributed by atoms with van der Waals surface area (Å²) in [5.74, 6) is -1.75. The standard InChI is InChI=1S/C52H97NO7/c1-6-8-10-12-14-16-18-20-21-22-23-24-25-26-27-28-29-31-32-34-36-38-40-42-50(54)59-47-48(46-58-45-44-49(52(56)57)53(3,4)5)60-51(55)43-41-39-37-35-33-30-19-17-15-13-11-9-7-2/h26-27,30,33,48-49H,6-25,28-29,31-32,34-47H2,1-5H3/b27-26+,33-30+. The van der Waals surface area contributed by atoms with E-state index in [-0.39, 0.29) is 42.7 Å². The number of rotatable bonds is 46. The number of carboxylic acid groups (broad SMARTS) is 1. The van der Waals surface area contributed by atoms with Gasteiger partial charge >= 0.3 is 11.9 Å². The van der Waals surface area contributed by atoms with Crippen molar-refractivity contribution in [2.45, 2.75) is 251 Å². The van der Waals surface area contributed by atoms with E-state index in [4.69, 9.17) is 14.2 Å². The average molecular weight is 848 g/mol. The summed E-state index contributed by atoms with van der Waals surface area (Å²) in [5.41, 5.74) is 0. The highest BCUT2D eigenvalue weighted by atomic mass is 16.6. The second-order valence-corrected chi connectivity index (χ2v) is 18.4. The van der Waals surface area contributed by atoms with Crippen molar-refractivity contribution in [2.75, 3.05) is 41.0 Å². The van der Waals surface area contributed by atoms with Gasteiger partial charge in [-0.3, -0.25) is 9.59 Å². The van der Waals surface area contributed by atoms with Crippen LogP contribution in [0.2, 0.25) is 0 Å². The molecule has 0 aromatic rings. The lowest BCUT2D eigenvalue weighted by atomic mass is 10.0. The van der Waals surface area contributed by atoms with E-state index >= 15 is 0 Å². The number of aliphatic carboxylic acids is 1. The summed E-state index contributed by atoms with van der Waals surface area (Å²) < 4.78 is 17.2. The maximum Gasteiger partial charge on any atom is 0.306 e. The van der Waals surface area contributed by atoms with Crippen LogP contribution in [0.4, 0.5) is 0 Å². The molecule has 8 nitrogen and oxygen atoms in total. The van der Waals surface area contributed by atoms with Gasteiger partial charge in [0.25, 0.3) is 0 Å². The molecule has 60 heavy (non-hydrogen) atoms. The summed E-state index contributed by atoms with van der Waals surface area (Å²) in [4.78, 5) is 36.9. The Morgan fingerprint density at radius 2 is 0.833 bits per heavy atom. The molecule has 0 saturated carbocycles. The summed E-state index contributed by atoms with van der Waals surface area (Å²) in [7, 11) is 5.41. The van der Waals surface area contributed by atoms with E-state index in [0.717, 1.165) is 51.4 Å². The van der Waals surface area contributed by atoms with Crippen molar-refractivity contribution in [3.63, 3.8) is 0 Å². The minimum atomic E-state index is -1.13. The predicted octanol–water partition coefficient (Wildman–Crippen LogP) is 13.1. The van der Waals surface area contributed by atoms with Gasteiger partial charge in [0.15, 0.2) is 6.10 Å². The van der Waals surface area contributed by atoms with Gasteiger partial charge in [-0.1, -0.05) is 179 Å². The number of likely N-dealkylation sites (N-methyl/N-ethyl adjacent to an activating group) is 1. The third-order valence-electron chi connectivity index (χ3n) is 11.6. The predicted molar refractivity (Wildman–Crippen MR) is 250 cm³/mol. The van der Waals surface area contributed by atoms with Gasteiger partial charge in [-0.25, -0.2) is 0 Å². The first-order valence-electron chi connectivity index (χ1n) is 25.4. The molecule has 0 saturated heterocycles. The third-order valence-corrected chi connectivity index (χ3v) is 11.6. The molecule has 0 fully saturated rings. The largest absolute Gasteiger partial charge is 0.544 e. The number of hydrogen-bond acceptors (Lipinski definition) is 7. The molecular weight excluding hydrogens is 751 g/mol. The van der Waals surface area contributed by atoms with E-state index < -0.39 is 18.1 Å². The Labute approximate surface area is 371 Å². The van der Waals surface area contributed by atoms with Crippen molar-refractivity contribution >= 4 is 17.9 Å². The normalized spacial score (nSPS) is 13.0. The monoisotopic (exact) mass is 848 g/mol. The molecule has 0 heterocycles. The van der Waals surface area contributed by atoms with E-state index in [2.05, 4.69) is 38.2 Å². The fourth-order valence-electron chi connectivity index (χ4n) is 7.59. The van der Waals surface area contributed by atoms with Crippen LogP contribution in [0.1, 0.15) is 239 Å². The molecule has 0 aliphatic carbocycles. The maximum absolute atomic E-state index is 12.7. The zero-order chi connectivity index (χ0) is 44.2. The average Bonchev–Trinajstić information content (AvgIpc) is 3.21. The minimum absolute atomic E-state index is 0.0363. The lowest BCUT2D eigenvalue weighted by molar-refractivity contribution is -0.889. The molecule has 0 radical (unpaired) electrons. The Balaban J connectivity index is 4.19. The number of carbonyl (C=O) groups excluding carboxylic acids is 3. The smallest absolute Gasteiger partial charge is 0.306 e. The lowest BCUT2D eigenvalue weighted by Crippen LogP contribution is -2.55. The van der Waals surface area contributed by atoms with Crippen LogP contribution in [0.15, 0.2) is 24.3 Å². The van der Waals surface area contributed by atoms with Gasteiger partial charge in [0, 0.05) is 19.3 Å². The number of quaternary nitrogens is 1. The molecule has 0 aromatic heterocycles. The Kier molecular flexibility index (Phi) is 41.9.